The summed E-state index contributed by atoms with van der Waals surface area (Å²) in [6.07, 6.45) is 19.0. The molecule has 1 fully saturated rings. The van der Waals surface area contributed by atoms with Gasteiger partial charge in [-0.2, -0.15) is 0 Å². The Labute approximate surface area is 433 Å². The molecule has 0 radical (unpaired) electrons. The molecule has 0 aromatic heterocycles. The minimum atomic E-state index is -1.57. The zero-order valence-corrected chi connectivity index (χ0v) is 45.6. The Morgan fingerprint density at radius 2 is 1.10 bits per heavy atom. The summed E-state index contributed by atoms with van der Waals surface area (Å²) in [5, 5.41) is 44.3. The van der Waals surface area contributed by atoms with Gasteiger partial charge in [-0.3, -0.25) is 14.4 Å². The first-order valence-electron chi connectivity index (χ1n) is 27.8. The lowest BCUT2D eigenvalue weighted by atomic mass is 9.99. The molecule has 2 amide bonds. The molecule has 18 nitrogen and oxygen atoms in total. The molecule has 0 aliphatic carbocycles. The van der Waals surface area contributed by atoms with E-state index in [2.05, 4.69) is 24.5 Å². The van der Waals surface area contributed by atoms with Gasteiger partial charge in [0.1, 0.15) is 37.6 Å². The van der Waals surface area contributed by atoms with Crippen molar-refractivity contribution in [2.75, 3.05) is 65.9 Å². The molecule has 6 unspecified atom stereocenters. The third kappa shape index (κ3) is 36.3. The molecule has 0 spiro atoms. The van der Waals surface area contributed by atoms with Gasteiger partial charge in [-0.1, -0.05) is 142 Å². The molecule has 1 heterocycles. The van der Waals surface area contributed by atoms with Crippen molar-refractivity contribution < 1.29 is 77.5 Å². The van der Waals surface area contributed by atoms with Crippen LogP contribution in [0, 0.1) is 0 Å². The van der Waals surface area contributed by atoms with Crippen LogP contribution < -0.4 is 10.6 Å². The molecule has 6 atom stereocenters. The van der Waals surface area contributed by atoms with Crippen molar-refractivity contribution in [1.29, 1.82) is 0 Å². The lowest BCUT2D eigenvalue weighted by molar-refractivity contribution is -0.300. The average Bonchev–Trinajstić information content (AvgIpc) is 3.34. The lowest BCUT2D eigenvalue weighted by Gasteiger charge is -2.39. The van der Waals surface area contributed by atoms with Crippen LogP contribution in [0.3, 0.4) is 0 Å². The number of hydrogen-bond donors (Lipinski definition) is 6. The van der Waals surface area contributed by atoms with Crippen molar-refractivity contribution >= 4 is 23.9 Å². The van der Waals surface area contributed by atoms with E-state index in [1.165, 1.54) is 103 Å². The fourth-order valence-corrected chi connectivity index (χ4v) is 7.95. The number of carbonyl (C=O) groups is 4. The smallest absolute Gasteiger partial charge is 0.407 e. The summed E-state index contributed by atoms with van der Waals surface area (Å²) in [4.78, 5) is 50.2. The first-order valence-corrected chi connectivity index (χ1v) is 27.8. The predicted molar refractivity (Wildman–Crippen MR) is 275 cm³/mol. The van der Waals surface area contributed by atoms with Crippen molar-refractivity contribution in [3.63, 3.8) is 0 Å². The molecule has 1 aliphatic heterocycles. The third-order valence-electron chi connectivity index (χ3n) is 12.7. The molecule has 0 aromatic carbocycles. The first-order chi connectivity index (χ1) is 34.5. The van der Waals surface area contributed by atoms with Gasteiger partial charge in [0, 0.05) is 32.4 Å². The van der Waals surface area contributed by atoms with Crippen molar-refractivity contribution in [2.45, 2.75) is 256 Å². The number of alkyl carbamates (subject to hydrolysis) is 1. The van der Waals surface area contributed by atoms with E-state index in [9.17, 15) is 39.6 Å². The molecule has 18 heteroatoms. The van der Waals surface area contributed by atoms with Gasteiger partial charge in [-0.05, 0) is 47.0 Å². The largest absolute Gasteiger partial charge is 0.462 e. The molecule has 0 aromatic rings. The Kier molecular flexibility index (Phi) is 39.8. The maximum absolute atomic E-state index is 13.0. The maximum Gasteiger partial charge on any atom is 0.407 e. The Morgan fingerprint density at radius 1 is 0.556 bits per heavy atom. The molecular formula is C54H102N2O16. The highest BCUT2D eigenvalue weighted by Crippen LogP contribution is 2.23. The van der Waals surface area contributed by atoms with E-state index in [1.807, 2.05) is 27.7 Å². The number of hydrogen-bond acceptors (Lipinski definition) is 16. The van der Waals surface area contributed by atoms with Gasteiger partial charge in [0.25, 0.3) is 0 Å². The quantitative estimate of drug-likeness (QED) is 0.0193. The minimum absolute atomic E-state index is 0.0153. The van der Waals surface area contributed by atoms with Crippen LogP contribution in [0.15, 0.2) is 0 Å². The number of esters is 2. The summed E-state index contributed by atoms with van der Waals surface area (Å²) >= 11 is 0. The topological polar surface area (TPSA) is 247 Å². The van der Waals surface area contributed by atoms with Crippen LogP contribution in [0.4, 0.5) is 4.79 Å². The zero-order valence-electron chi connectivity index (χ0n) is 45.6. The van der Waals surface area contributed by atoms with E-state index in [1.54, 1.807) is 0 Å². The van der Waals surface area contributed by atoms with Gasteiger partial charge in [-0.25, -0.2) is 4.79 Å². The second-order valence-electron chi connectivity index (χ2n) is 20.6. The maximum atomic E-state index is 13.0. The Balaban J connectivity index is 2.39. The molecular weight excluding hydrogens is 933 g/mol. The Bertz CT molecular complexity index is 1370. The highest BCUT2D eigenvalue weighted by Gasteiger charge is 2.44. The van der Waals surface area contributed by atoms with Crippen LogP contribution in [-0.2, 0) is 52.3 Å². The summed E-state index contributed by atoms with van der Waals surface area (Å²) in [6.45, 7) is 12.0. The van der Waals surface area contributed by atoms with Gasteiger partial charge in [0.15, 0.2) is 12.4 Å². The summed E-state index contributed by atoms with van der Waals surface area (Å²) in [5.74, 6) is -0.843. The number of carbonyl (C=O) groups excluding carboxylic acids is 4. The van der Waals surface area contributed by atoms with E-state index in [0.717, 1.165) is 38.5 Å². The number of nitrogens with one attached hydrogen (secondary N) is 2. The average molecular weight is 1040 g/mol. The highest BCUT2D eigenvalue weighted by atomic mass is 16.7. The molecule has 1 aliphatic rings. The normalized spacial score (nSPS) is 18.7. The van der Waals surface area contributed by atoms with E-state index >= 15 is 0 Å². The van der Waals surface area contributed by atoms with Crippen molar-refractivity contribution in [3.05, 3.63) is 0 Å². The van der Waals surface area contributed by atoms with Crippen LogP contribution in [0.1, 0.15) is 208 Å². The van der Waals surface area contributed by atoms with E-state index in [4.69, 9.17) is 37.9 Å². The molecule has 424 valence electrons. The molecule has 6 N–H and O–H groups in total. The van der Waals surface area contributed by atoms with Crippen LogP contribution >= 0.6 is 0 Å². The molecule has 0 saturated carbocycles. The minimum Gasteiger partial charge on any atom is -0.462 e. The van der Waals surface area contributed by atoms with Crippen LogP contribution in [0.2, 0.25) is 0 Å². The second-order valence-corrected chi connectivity index (χ2v) is 20.6. The van der Waals surface area contributed by atoms with Crippen LogP contribution in [-0.4, -0.2) is 158 Å². The molecule has 1 rings (SSSR count). The Hall–Kier alpha value is -2.68. The summed E-state index contributed by atoms with van der Waals surface area (Å²) < 4.78 is 44.9. The highest BCUT2D eigenvalue weighted by molar-refractivity contribution is 5.76. The van der Waals surface area contributed by atoms with Crippen molar-refractivity contribution in [2.24, 2.45) is 0 Å². The van der Waals surface area contributed by atoms with E-state index in [0.29, 0.717) is 25.9 Å². The van der Waals surface area contributed by atoms with Crippen molar-refractivity contribution in [1.82, 2.24) is 10.6 Å². The number of amides is 2. The number of ether oxygens (including phenoxy) is 8. The Morgan fingerprint density at radius 3 is 1.65 bits per heavy atom. The fraction of sp³-hybridized carbons (Fsp3) is 0.926. The predicted octanol–water partition coefficient (Wildman–Crippen LogP) is 7.89. The van der Waals surface area contributed by atoms with Gasteiger partial charge in [-0.15, -0.1) is 0 Å². The monoisotopic (exact) mass is 1030 g/mol. The fourth-order valence-electron chi connectivity index (χ4n) is 7.95. The van der Waals surface area contributed by atoms with Gasteiger partial charge in [0.05, 0.1) is 50.8 Å². The standard InChI is InChI=1S/C54H102N2O16/c1-7-9-11-13-15-17-19-21-23-25-27-29-46(59)68-40-43(71-47(60)30-28-26-24-22-20-18-16-14-12-10-8-2)41-70-53(3,4)32-35-69-54(5,6)42-56-45(58)31-34-65-37-38-67-52(64)55-33-36-66-51-50(63)49(62)48(61)44(39-57)72-51/h43-44,48-51,57,61-63H,7-42H2,1-6H3,(H,55,64)(H,56,58). The zero-order chi connectivity index (χ0) is 53.3. The van der Waals surface area contributed by atoms with Crippen LogP contribution in [0.25, 0.3) is 0 Å². The molecule has 72 heavy (non-hydrogen) atoms. The number of aliphatic hydroxyl groups excluding tert-OH is 4. The van der Waals surface area contributed by atoms with Crippen LogP contribution in [0.5, 0.6) is 0 Å². The lowest BCUT2D eigenvalue weighted by Crippen LogP contribution is -2.59. The summed E-state index contributed by atoms with van der Waals surface area (Å²) in [6, 6.07) is 0. The van der Waals surface area contributed by atoms with Crippen molar-refractivity contribution in [3.8, 4) is 0 Å². The van der Waals surface area contributed by atoms with Gasteiger partial charge in [0.2, 0.25) is 5.91 Å². The first kappa shape index (κ1) is 67.3. The number of unbranched alkanes of at least 4 members (excludes halogenated alkanes) is 20. The van der Waals surface area contributed by atoms with E-state index < -0.39 is 60.7 Å². The molecule has 0 bridgehead atoms. The molecule has 1 saturated heterocycles. The number of aliphatic hydroxyl groups is 4. The SMILES string of the molecule is CCCCCCCCCCCCCC(=O)OCC(COC(C)(C)CCOC(C)(C)CNC(=O)CCOCCOC(=O)NCCOC1OC(CO)C(O)C(O)C1O)OC(=O)CCCCCCCCCCCCC. The third-order valence-corrected chi connectivity index (χ3v) is 12.7. The van der Waals surface area contributed by atoms with Gasteiger partial charge >= 0.3 is 18.0 Å². The van der Waals surface area contributed by atoms with E-state index in [-0.39, 0.29) is 77.0 Å². The summed E-state index contributed by atoms with van der Waals surface area (Å²) in [7, 11) is 0. The number of rotatable bonds is 47. The summed E-state index contributed by atoms with van der Waals surface area (Å²) in [5.41, 5.74) is -1.35. The second kappa shape index (κ2) is 42.5. The van der Waals surface area contributed by atoms with Gasteiger partial charge < -0.3 is 69.0 Å².